The van der Waals surface area contributed by atoms with Crippen LogP contribution in [0.5, 0.6) is 0 Å². The molecular formula is C22H22Si. The van der Waals surface area contributed by atoms with Gasteiger partial charge in [-0.15, -0.1) is 0 Å². The first kappa shape index (κ1) is 14.5. The normalized spacial score (nSPS) is 17.2. The van der Waals surface area contributed by atoms with Crippen LogP contribution in [0.4, 0.5) is 0 Å². The fourth-order valence-electron chi connectivity index (χ4n) is 4.30. The van der Waals surface area contributed by atoms with Gasteiger partial charge in [-0.05, 0) is 23.6 Å². The van der Waals surface area contributed by atoms with E-state index in [0.29, 0.717) is 0 Å². The van der Waals surface area contributed by atoms with Crippen molar-refractivity contribution in [1.29, 1.82) is 0 Å². The van der Waals surface area contributed by atoms with Gasteiger partial charge in [-0.2, -0.15) is 0 Å². The van der Waals surface area contributed by atoms with Crippen molar-refractivity contribution in [3.63, 3.8) is 0 Å². The Labute approximate surface area is 139 Å². The summed E-state index contributed by atoms with van der Waals surface area (Å²) in [5, 5.41) is 3.15. The number of rotatable bonds is 1. The van der Waals surface area contributed by atoms with Crippen molar-refractivity contribution in [2.45, 2.75) is 25.4 Å². The quantitative estimate of drug-likeness (QED) is 0.591. The molecule has 0 N–H and O–H groups in total. The van der Waals surface area contributed by atoms with E-state index in [1.807, 2.05) is 0 Å². The molecule has 0 bridgehead atoms. The van der Waals surface area contributed by atoms with Gasteiger partial charge in [0.1, 0.15) is 8.07 Å². The molecule has 1 aliphatic heterocycles. The fraction of sp³-hybridized carbons (Fsp3) is 0.182. The molecule has 3 aromatic carbocycles. The first-order chi connectivity index (χ1) is 11.1. The zero-order valence-corrected chi connectivity index (χ0v) is 15.0. The largest absolute Gasteiger partial charge is 0.113 e. The Balaban J connectivity index is 2.13. The molecule has 1 aliphatic rings. The number of hydrogen-bond acceptors (Lipinski definition) is 0. The molecule has 0 saturated carbocycles. The van der Waals surface area contributed by atoms with Crippen LogP contribution in [-0.2, 0) is 5.41 Å². The summed E-state index contributed by atoms with van der Waals surface area (Å²) in [7, 11) is -1.65. The van der Waals surface area contributed by atoms with Gasteiger partial charge in [0.15, 0.2) is 0 Å². The lowest BCUT2D eigenvalue weighted by Crippen LogP contribution is -2.62. The van der Waals surface area contributed by atoms with E-state index in [2.05, 4.69) is 98.9 Å². The van der Waals surface area contributed by atoms with Gasteiger partial charge >= 0.3 is 0 Å². The molecule has 0 unspecified atom stereocenters. The molecule has 0 nitrogen and oxygen atoms in total. The van der Waals surface area contributed by atoms with E-state index in [9.17, 15) is 0 Å². The average molecular weight is 315 g/mol. The lowest BCUT2D eigenvalue weighted by Gasteiger charge is -2.45. The van der Waals surface area contributed by atoms with Gasteiger partial charge in [0.05, 0.1) is 0 Å². The molecule has 1 heteroatoms. The monoisotopic (exact) mass is 314 g/mol. The minimum absolute atomic E-state index is 0.0725. The minimum Gasteiger partial charge on any atom is -0.0623 e. The summed E-state index contributed by atoms with van der Waals surface area (Å²) >= 11 is 0. The van der Waals surface area contributed by atoms with Gasteiger partial charge < -0.3 is 0 Å². The predicted octanol–water partition coefficient (Wildman–Crippen LogP) is 4.18. The average Bonchev–Trinajstić information content (AvgIpc) is 2.61. The van der Waals surface area contributed by atoms with Gasteiger partial charge in [0, 0.05) is 5.41 Å². The molecule has 1 heterocycles. The Morgan fingerprint density at radius 3 is 1.57 bits per heavy atom. The SMILES string of the molecule is CC1(c2ccccc2)c2ccccc2[Si](C)(C)c2ccccc21. The molecule has 23 heavy (non-hydrogen) atoms. The Morgan fingerprint density at radius 2 is 1.04 bits per heavy atom. The smallest absolute Gasteiger partial charge is 0.0623 e. The summed E-state index contributed by atoms with van der Waals surface area (Å²) in [6.07, 6.45) is 0. The van der Waals surface area contributed by atoms with Gasteiger partial charge in [0.25, 0.3) is 0 Å². The highest BCUT2D eigenvalue weighted by Crippen LogP contribution is 2.41. The van der Waals surface area contributed by atoms with E-state index in [1.165, 1.54) is 16.7 Å². The highest BCUT2D eigenvalue weighted by atomic mass is 28.3. The highest BCUT2D eigenvalue weighted by molar-refractivity contribution is 7.01. The number of hydrogen-bond donors (Lipinski definition) is 0. The first-order valence-corrected chi connectivity index (χ1v) is 11.3. The second kappa shape index (κ2) is 4.94. The molecule has 0 saturated heterocycles. The standard InChI is InChI=1S/C22H22Si/c1-22(17-11-5-4-6-12-17)18-13-7-9-15-20(18)23(2,3)21-16-10-8-14-19(21)22/h4-16H,1-3H3. The molecule has 3 aromatic rings. The van der Waals surface area contributed by atoms with Crippen LogP contribution in [0.1, 0.15) is 23.6 Å². The van der Waals surface area contributed by atoms with Crippen molar-refractivity contribution in [2.75, 3.05) is 0 Å². The third kappa shape index (κ3) is 1.90. The number of fused-ring (bicyclic) bond motifs is 2. The molecule has 0 radical (unpaired) electrons. The zero-order chi connectivity index (χ0) is 16.1. The molecule has 0 aliphatic carbocycles. The summed E-state index contributed by atoms with van der Waals surface area (Å²) in [5.41, 5.74) is 4.28. The van der Waals surface area contributed by atoms with Crippen LogP contribution < -0.4 is 10.4 Å². The molecule has 114 valence electrons. The maximum absolute atomic E-state index is 2.48. The van der Waals surface area contributed by atoms with Crippen LogP contribution in [0.25, 0.3) is 0 Å². The van der Waals surface area contributed by atoms with E-state index in [4.69, 9.17) is 0 Å². The summed E-state index contributed by atoms with van der Waals surface area (Å²) in [6.45, 7) is 7.36. The van der Waals surface area contributed by atoms with Crippen LogP contribution in [-0.4, -0.2) is 8.07 Å². The highest BCUT2D eigenvalue weighted by Gasteiger charge is 2.45. The Hall–Kier alpha value is -2.12. The lowest BCUT2D eigenvalue weighted by atomic mass is 9.70. The van der Waals surface area contributed by atoms with Crippen LogP contribution in [0, 0.1) is 0 Å². The third-order valence-electron chi connectivity index (χ3n) is 5.63. The second-order valence-electron chi connectivity index (χ2n) is 7.21. The van der Waals surface area contributed by atoms with Crippen LogP contribution in [0.2, 0.25) is 13.1 Å². The maximum Gasteiger partial charge on any atom is 0.113 e. The van der Waals surface area contributed by atoms with Gasteiger partial charge in [0.2, 0.25) is 0 Å². The molecule has 4 rings (SSSR count). The van der Waals surface area contributed by atoms with Crippen molar-refractivity contribution < 1.29 is 0 Å². The van der Waals surface area contributed by atoms with Gasteiger partial charge in [-0.3, -0.25) is 0 Å². The van der Waals surface area contributed by atoms with Crippen LogP contribution >= 0.6 is 0 Å². The third-order valence-corrected chi connectivity index (χ3v) is 9.19. The van der Waals surface area contributed by atoms with E-state index in [-0.39, 0.29) is 5.41 Å². The first-order valence-electron chi connectivity index (χ1n) is 8.32. The van der Waals surface area contributed by atoms with E-state index in [0.717, 1.165) is 0 Å². The summed E-state index contributed by atoms with van der Waals surface area (Å²) in [4.78, 5) is 0. The van der Waals surface area contributed by atoms with Gasteiger partial charge in [-0.25, -0.2) is 0 Å². The fourth-order valence-corrected chi connectivity index (χ4v) is 7.63. The van der Waals surface area contributed by atoms with Crippen molar-refractivity contribution in [3.8, 4) is 0 Å². The molecule has 0 atom stereocenters. The van der Waals surface area contributed by atoms with E-state index >= 15 is 0 Å². The molecule has 0 aromatic heterocycles. The summed E-state index contributed by atoms with van der Waals surface area (Å²) in [6, 6.07) is 29.1. The summed E-state index contributed by atoms with van der Waals surface area (Å²) in [5.74, 6) is 0. The molecule has 0 amide bonds. The van der Waals surface area contributed by atoms with Crippen molar-refractivity contribution in [3.05, 3.63) is 95.6 Å². The lowest BCUT2D eigenvalue weighted by molar-refractivity contribution is 0.697. The predicted molar refractivity (Wildman–Crippen MR) is 102 cm³/mol. The molecule has 0 spiro atoms. The number of benzene rings is 3. The second-order valence-corrected chi connectivity index (χ2v) is 11.5. The van der Waals surface area contributed by atoms with E-state index < -0.39 is 8.07 Å². The summed E-state index contributed by atoms with van der Waals surface area (Å²) < 4.78 is 0. The zero-order valence-electron chi connectivity index (χ0n) is 14.0. The Morgan fingerprint density at radius 1 is 0.609 bits per heavy atom. The van der Waals surface area contributed by atoms with Gasteiger partial charge in [-0.1, -0.05) is 102 Å². The van der Waals surface area contributed by atoms with Crippen molar-refractivity contribution in [2.24, 2.45) is 0 Å². The Kier molecular flexibility index (Phi) is 3.11. The Bertz CT molecular complexity index is 812. The van der Waals surface area contributed by atoms with Crippen molar-refractivity contribution in [1.82, 2.24) is 0 Å². The molecule has 0 fully saturated rings. The maximum atomic E-state index is 2.48. The molecular weight excluding hydrogens is 292 g/mol. The van der Waals surface area contributed by atoms with Crippen LogP contribution in [0.3, 0.4) is 0 Å². The van der Waals surface area contributed by atoms with Crippen molar-refractivity contribution >= 4 is 18.4 Å². The van der Waals surface area contributed by atoms with Crippen LogP contribution in [0.15, 0.2) is 78.9 Å². The van der Waals surface area contributed by atoms with E-state index in [1.54, 1.807) is 10.4 Å². The topological polar surface area (TPSA) is 0 Å². The minimum atomic E-state index is -1.65.